The summed E-state index contributed by atoms with van der Waals surface area (Å²) in [6.07, 6.45) is 1.17. The van der Waals surface area contributed by atoms with Gasteiger partial charge in [-0.3, -0.25) is 4.79 Å². The molecule has 1 saturated heterocycles. The lowest BCUT2D eigenvalue weighted by Gasteiger charge is -2.20. The van der Waals surface area contributed by atoms with E-state index in [4.69, 9.17) is 15.2 Å². The predicted octanol–water partition coefficient (Wildman–Crippen LogP) is 1.45. The van der Waals surface area contributed by atoms with Crippen LogP contribution in [0.1, 0.15) is 30.1 Å². The minimum atomic E-state index is -0.818. The number of benzene rings is 1. The highest BCUT2D eigenvalue weighted by Crippen LogP contribution is 2.21. The minimum Gasteiger partial charge on any atom is -0.497 e. The van der Waals surface area contributed by atoms with E-state index >= 15 is 0 Å². The van der Waals surface area contributed by atoms with Crippen molar-refractivity contribution in [3.05, 3.63) is 23.8 Å². The molecule has 1 aliphatic rings. The maximum absolute atomic E-state index is 12.1. The Bertz CT molecular complexity index is 538. The summed E-state index contributed by atoms with van der Waals surface area (Å²) >= 11 is 0. The van der Waals surface area contributed by atoms with E-state index in [-0.39, 0.29) is 11.5 Å². The molecular weight excluding hydrogens is 272 g/mol. The first kappa shape index (κ1) is 15.2. The van der Waals surface area contributed by atoms with Gasteiger partial charge in [-0.25, -0.2) is 4.79 Å². The molecule has 1 aliphatic heterocycles. The third-order valence-corrected chi connectivity index (χ3v) is 3.53. The van der Waals surface area contributed by atoms with Gasteiger partial charge in [0.2, 0.25) is 0 Å². The van der Waals surface area contributed by atoms with Crippen LogP contribution in [0.4, 0.5) is 5.69 Å². The van der Waals surface area contributed by atoms with Crippen molar-refractivity contribution in [3.63, 3.8) is 0 Å². The summed E-state index contributed by atoms with van der Waals surface area (Å²) in [7, 11) is 1.50. The van der Waals surface area contributed by atoms with Crippen LogP contribution in [0.15, 0.2) is 18.2 Å². The molecule has 0 spiro atoms. The molecule has 0 aliphatic carbocycles. The molecule has 1 aromatic rings. The number of likely N-dealkylation sites (tertiary alicyclic amines) is 1. The molecule has 114 valence electrons. The lowest BCUT2D eigenvalue weighted by molar-refractivity contribution is -0.138. The molecular formula is C15H20N2O4. The summed E-state index contributed by atoms with van der Waals surface area (Å²) in [4.78, 5) is 26.0. The Morgan fingerprint density at radius 1 is 1.29 bits per heavy atom. The van der Waals surface area contributed by atoms with Gasteiger partial charge in [0.15, 0.2) is 6.10 Å². The zero-order valence-electron chi connectivity index (χ0n) is 12.3. The highest BCUT2D eigenvalue weighted by Gasteiger charge is 2.26. The zero-order valence-corrected chi connectivity index (χ0v) is 12.3. The number of amides is 1. The van der Waals surface area contributed by atoms with E-state index in [0.29, 0.717) is 11.4 Å². The topological polar surface area (TPSA) is 81.9 Å². The van der Waals surface area contributed by atoms with E-state index < -0.39 is 12.1 Å². The van der Waals surface area contributed by atoms with Crippen LogP contribution in [0, 0.1) is 0 Å². The number of hydrogen-bond donors (Lipinski definition) is 1. The molecule has 1 heterocycles. The van der Waals surface area contributed by atoms with Crippen molar-refractivity contribution in [2.24, 2.45) is 0 Å². The normalized spacial score (nSPS) is 15.6. The Morgan fingerprint density at radius 3 is 2.57 bits per heavy atom. The SMILES string of the molecule is COc1ccc(N)c(C(=O)OC(C)C(=O)N2CCCC2)c1. The third-order valence-electron chi connectivity index (χ3n) is 3.53. The highest BCUT2D eigenvalue weighted by molar-refractivity contribution is 5.97. The van der Waals surface area contributed by atoms with Gasteiger partial charge in [0.05, 0.1) is 12.7 Å². The lowest BCUT2D eigenvalue weighted by Crippen LogP contribution is -2.38. The monoisotopic (exact) mass is 292 g/mol. The number of rotatable bonds is 4. The standard InChI is InChI=1S/C15H20N2O4/c1-10(14(18)17-7-3-4-8-17)21-15(19)12-9-11(20-2)5-6-13(12)16/h5-6,9-10H,3-4,7-8,16H2,1-2H3. The van der Waals surface area contributed by atoms with Crippen molar-refractivity contribution in [1.29, 1.82) is 0 Å². The van der Waals surface area contributed by atoms with Gasteiger partial charge in [-0.1, -0.05) is 0 Å². The smallest absolute Gasteiger partial charge is 0.341 e. The van der Waals surface area contributed by atoms with Crippen LogP contribution in [0.3, 0.4) is 0 Å². The summed E-state index contributed by atoms with van der Waals surface area (Å²) in [5.41, 5.74) is 6.26. The third kappa shape index (κ3) is 3.45. The van der Waals surface area contributed by atoms with Gasteiger partial charge < -0.3 is 20.1 Å². The molecule has 2 N–H and O–H groups in total. The minimum absolute atomic E-state index is 0.165. The number of nitrogens with zero attached hydrogens (tertiary/aromatic N) is 1. The van der Waals surface area contributed by atoms with Crippen LogP contribution < -0.4 is 10.5 Å². The fourth-order valence-electron chi connectivity index (χ4n) is 2.31. The first-order valence-corrected chi connectivity index (χ1v) is 6.96. The summed E-state index contributed by atoms with van der Waals surface area (Å²) < 4.78 is 10.3. The molecule has 2 rings (SSSR count). The number of nitrogens with two attached hydrogens (primary N) is 1. The van der Waals surface area contributed by atoms with Crippen LogP contribution in [-0.2, 0) is 9.53 Å². The molecule has 1 unspecified atom stereocenters. The Kier molecular flexibility index (Phi) is 4.67. The van der Waals surface area contributed by atoms with E-state index in [9.17, 15) is 9.59 Å². The lowest BCUT2D eigenvalue weighted by atomic mass is 10.1. The van der Waals surface area contributed by atoms with Crippen molar-refractivity contribution < 1.29 is 19.1 Å². The number of methoxy groups -OCH3 is 1. The molecule has 1 atom stereocenters. The van der Waals surface area contributed by atoms with Crippen molar-refractivity contribution in [2.45, 2.75) is 25.9 Å². The molecule has 0 saturated carbocycles. The van der Waals surface area contributed by atoms with Crippen molar-refractivity contribution in [1.82, 2.24) is 4.90 Å². The summed E-state index contributed by atoms with van der Waals surface area (Å²) in [5, 5.41) is 0. The summed E-state index contributed by atoms with van der Waals surface area (Å²) in [5.74, 6) is -0.275. The average molecular weight is 292 g/mol. The van der Waals surface area contributed by atoms with Crippen LogP contribution >= 0.6 is 0 Å². The molecule has 0 bridgehead atoms. The quantitative estimate of drug-likeness (QED) is 0.671. The van der Waals surface area contributed by atoms with Gasteiger partial charge in [0.25, 0.3) is 5.91 Å². The van der Waals surface area contributed by atoms with Crippen molar-refractivity contribution in [3.8, 4) is 5.75 Å². The number of ether oxygens (including phenoxy) is 2. The Labute approximate surface area is 123 Å². The molecule has 0 aromatic heterocycles. The van der Waals surface area contributed by atoms with Crippen LogP contribution in [0.2, 0.25) is 0 Å². The van der Waals surface area contributed by atoms with Crippen LogP contribution in [-0.4, -0.2) is 43.1 Å². The van der Waals surface area contributed by atoms with Gasteiger partial charge >= 0.3 is 5.97 Å². The van der Waals surface area contributed by atoms with E-state index in [2.05, 4.69) is 0 Å². The van der Waals surface area contributed by atoms with Gasteiger partial charge in [-0.15, -0.1) is 0 Å². The molecule has 1 aromatic carbocycles. The fraction of sp³-hybridized carbons (Fsp3) is 0.467. The summed E-state index contributed by atoms with van der Waals surface area (Å²) in [6.45, 7) is 3.03. The first-order chi connectivity index (χ1) is 10.0. The van der Waals surface area contributed by atoms with Gasteiger partial charge in [0.1, 0.15) is 5.75 Å². The Balaban J connectivity index is 2.05. The molecule has 21 heavy (non-hydrogen) atoms. The number of carbonyl (C=O) groups is 2. The number of nitrogen functional groups attached to an aromatic ring is 1. The van der Waals surface area contributed by atoms with Gasteiger partial charge in [-0.2, -0.15) is 0 Å². The second-order valence-electron chi connectivity index (χ2n) is 5.03. The van der Waals surface area contributed by atoms with E-state index in [1.807, 2.05) is 0 Å². The van der Waals surface area contributed by atoms with Gasteiger partial charge in [0, 0.05) is 18.8 Å². The number of anilines is 1. The molecule has 6 nitrogen and oxygen atoms in total. The van der Waals surface area contributed by atoms with E-state index in [1.165, 1.54) is 13.2 Å². The summed E-state index contributed by atoms with van der Waals surface area (Å²) in [6, 6.07) is 4.73. The maximum Gasteiger partial charge on any atom is 0.341 e. The van der Waals surface area contributed by atoms with Crippen molar-refractivity contribution >= 4 is 17.6 Å². The number of carbonyl (C=O) groups excluding carboxylic acids is 2. The first-order valence-electron chi connectivity index (χ1n) is 6.96. The Morgan fingerprint density at radius 2 is 1.95 bits per heavy atom. The van der Waals surface area contributed by atoms with Gasteiger partial charge in [-0.05, 0) is 38.0 Å². The zero-order chi connectivity index (χ0) is 15.4. The largest absolute Gasteiger partial charge is 0.497 e. The average Bonchev–Trinajstić information content (AvgIpc) is 3.00. The molecule has 6 heteroatoms. The van der Waals surface area contributed by atoms with Crippen LogP contribution in [0.5, 0.6) is 5.75 Å². The fourth-order valence-corrected chi connectivity index (χ4v) is 2.31. The van der Waals surface area contributed by atoms with Crippen molar-refractivity contribution in [2.75, 3.05) is 25.9 Å². The molecule has 0 radical (unpaired) electrons. The second kappa shape index (κ2) is 6.47. The molecule has 1 amide bonds. The second-order valence-corrected chi connectivity index (χ2v) is 5.03. The predicted molar refractivity (Wildman–Crippen MR) is 78.1 cm³/mol. The number of esters is 1. The maximum atomic E-state index is 12.1. The van der Waals surface area contributed by atoms with Crippen LogP contribution in [0.25, 0.3) is 0 Å². The highest BCUT2D eigenvalue weighted by atomic mass is 16.5. The Hall–Kier alpha value is -2.24. The van der Waals surface area contributed by atoms with E-state index in [0.717, 1.165) is 25.9 Å². The number of hydrogen-bond acceptors (Lipinski definition) is 5. The van der Waals surface area contributed by atoms with E-state index in [1.54, 1.807) is 24.0 Å². The molecule has 1 fully saturated rings.